The van der Waals surface area contributed by atoms with Crippen molar-refractivity contribution < 1.29 is 8.78 Å². The van der Waals surface area contributed by atoms with Gasteiger partial charge in [0.05, 0.1) is 13.1 Å². The van der Waals surface area contributed by atoms with Gasteiger partial charge in [-0.05, 0) is 23.8 Å². The van der Waals surface area contributed by atoms with E-state index in [0.717, 1.165) is 5.56 Å². The summed E-state index contributed by atoms with van der Waals surface area (Å²) in [6.07, 6.45) is -0.213. The number of aromatic nitrogens is 5. The highest BCUT2D eigenvalue weighted by molar-refractivity contribution is 6.33. The number of rotatable bonds is 3. The number of alkyl halides is 2. The largest absolute Gasteiger partial charge is 0.348 e. The Morgan fingerprint density at radius 2 is 1.90 bits per heavy atom. The lowest BCUT2D eigenvalue weighted by Crippen LogP contribution is -2.27. The maximum Gasteiger partial charge on any atom is 0.266 e. The van der Waals surface area contributed by atoms with E-state index in [0.29, 0.717) is 32.9 Å². The molecule has 0 atom stereocenters. The molecule has 1 aliphatic heterocycles. The maximum absolute atomic E-state index is 13.8. The lowest BCUT2D eigenvalue weighted by molar-refractivity contribution is 0.0257. The molecule has 2 aromatic heterocycles. The van der Waals surface area contributed by atoms with Gasteiger partial charge in [0.25, 0.3) is 5.92 Å². The van der Waals surface area contributed by atoms with Crippen LogP contribution in [0.2, 0.25) is 10.0 Å². The second-order valence-electron chi connectivity index (χ2n) is 8.29. The normalized spacial score (nSPS) is 16.7. The fraction of sp³-hybridized carbons (Fsp3) is 0.474. The Kier molecular flexibility index (Phi) is 4.90. The predicted molar refractivity (Wildman–Crippen MR) is 109 cm³/mol. The van der Waals surface area contributed by atoms with Crippen LogP contribution in [-0.2, 0) is 12.0 Å². The van der Waals surface area contributed by atoms with Crippen LogP contribution in [0, 0.1) is 0 Å². The average molecular weight is 441 g/mol. The molecule has 10 heteroatoms. The Bertz CT molecular complexity index is 1080. The van der Waals surface area contributed by atoms with E-state index in [1.807, 2.05) is 20.8 Å². The Labute approximate surface area is 176 Å². The standard InChI is InChI=1S/C19H20Cl2F2N6/c1-18(2,3)17-24-15-14(16(25-17)28-7-6-19(22,23)10-28)26-29(27-15)9-11-8-12(20)4-5-13(11)21/h4-5,8H,6-7,9-10H2,1-3H3. The summed E-state index contributed by atoms with van der Waals surface area (Å²) in [6.45, 7) is 5.98. The maximum atomic E-state index is 13.8. The van der Waals surface area contributed by atoms with Crippen molar-refractivity contribution in [3.63, 3.8) is 0 Å². The zero-order valence-corrected chi connectivity index (χ0v) is 17.8. The Morgan fingerprint density at radius 3 is 2.55 bits per heavy atom. The molecule has 0 aliphatic carbocycles. The van der Waals surface area contributed by atoms with Gasteiger partial charge in [-0.2, -0.15) is 4.80 Å². The summed E-state index contributed by atoms with van der Waals surface area (Å²) < 4.78 is 27.7. The highest BCUT2D eigenvalue weighted by atomic mass is 35.5. The van der Waals surface area contributed by atoms with E-state index in [9.17, 15) is 8.78 Å². The van der Waals surface area contributed by atoms with Crippen molar-refractivity contribution in [3.8, 4) is 0 Å². The second-order valence-corrected chi connectivity index (χ2v) is 9.13. The Morgan fingerprint density at radius 1 is 1.14 bits per heavy atom. The van der Waals surface area contributed by atoms with Crippen LogP contribution >= 0.6 is 23.2 Å². The smallest absolute Gasteiger partial charge is 0.266 e. The van der Waals surface area contributed by atoms with E-state index in [2.05, 4.69) is 20.2 Å². The number of halogens is 4. The van der Waals surface area contributed by atoms with Gasteiger partial charge in [0, 0.05) is 28.4 Å². The molecule has 0 spiro atoms. The molecule has 1 aromatic carbocycles. The van der Waals surface area contributed by atoms with Crippen molar-refractivity contribution >= 4 is 40.2 Å². The first-order valence-electron chi connectivity index (χ1n) is 9.22. The van der Waals surface area contributed by atoms with Crippen molar-refractivity contribution in [1.29, 1.82) is 0 Å². The van der Waals surface area contributed by atoms with Crippen LogP contribution in [0.4, 0.5) is 14.6 Å². The van der Waals surface area contributed by atoms with Gasteiger partial charge in [0.15, 0.2) is 11.3 Å². The van der Waals surface area contributed by atoms with Crippen LogP contribution < -0.4 is 4.90 Å². The van der Waals surface area contributed by atoms with E-state index in [1.54, 1.807) is 23.1 Å². The third kappa shape index (κ3) is 4.14. The number of nitrogens with zero attached hydrogens (tertiary/aromatic N) is 6. The number of hydrogen-bond acceptors (Lipinski definition) is 5. The first kappa shape index (κ1) is 20.2. The minimum absolute atomic E-state index is 0.204. The summed E-state index contributed by atoms with van der Waals surface area (Å²) in [5.41, 5.74) is 1.14. The summed E-state index contributed by atoms with van der Waals surface area (Å²) >= 11 is 12.3. The quantitative estimate of drug-likeness (QED) is 0.589. The van der Waals surface area contributed by atoms with E-state index >= 15 is 0 Å². The minimum Gasteiger partial charge on any atom is -0.348 e. The number of hydrogen-bond donors (Lipinski definition) is 0. The summed E-state index contributed by atoms with van der Waals surface area (Å²) in [7, 11) is 0. The van der Waals surface area contributed by atoms with Crippen LogP contribution in [0.15, 0.2) is 18.2 Å². The van der Waals surface area contributed by atoms with Gasteiger partial charge in [0.1, 0.15) is 5.82 Å². The van der Waals surface area contributed by atoms with Crippen LogP contribution in [0.3, 0.4) is 0 Å². The van der Waals surface area contributed by atoms with Crippen LogP contribution in [-0.4, -0.2) is 44.0 Å². The number of benzene rings is 1. The van der Waals surface area contributed by atoms with Gasteiger partial charge in [-0.15, -0.1) is 10.2 Å². The molecule has 0 radical (unpaired) electrons. The monoisotopic (exact) mass is 440 g/mol. The fourth-order valence-electron chi connectivity index (χ4n) is 3.20. The molecule has 0 saturated carbocycles. The number of fused-ring (bicyclic) bond motifs is 1. The van der Waals surface area contributed by atoms with Crippen molar-refractivity contribution in [1.82, 2.24) is 25.0 Å². The zero-order valence-electron chi connectivity index (χ0n) is 16.3. The molecule has 0 unspecified atom stereocenters. The second kappa shape index (κ2) is 7.02. The molecule has 1 aliphatic rings. The lowest BCUT2D eigenvalue weighted by atomic mass is 9.96. The molecule has 4 rings (SSSR count). The molecule has 0 N–H and O–H groups in total. The molecule has 0 bridgehead atoms. The Hall–Kier alpha value is -2.06. The fourth-order valence-corrected chi connectivity index (χ4v) is 3.57. The van der Waals surface area contributed by atoms with Crippen LogP contribution in [0.1, 0.15) is 38.6 Å². The molecule has 6 nitrogen and oxygen atoms in total. The van der Waals surface area contributed by atoms with E-state index in [1.165, 1.54) is 4.80 Å². The third-order valence-corrected chi connectivity index (χ3v) is 5.34. The van der Waals surface area contributed by atoms with E-state index in [-0.39, 0.29) is 24.9 Å². The van der Waals surface area contributed by atoms with Gasteiger partial charge in [-0.3, -0.25) is 0 Å². The molecular formula is C19H20Cl2F2N6. The van der Waals surface area contributed by atoms with Gasteiger partial charge in [-0.25, -0.2) is 18.7 Å². The topological polar surface area (TPSA) is 59.7 Å². The third-order valence-electron chi connectivity index (χ3n) is 4.73. The number of anilines is 1. The summed E-state index contributed by atoms with van der Waals surface area (Å²) in [5.74, 6) is -1.83. The summed E-state index contributed by atoms with van der Waals surface area (Å²) in [5, 5.41) is 10.0. The lowest BCUT2D eigenvalue weighted by Gasteiger charge is -2.21. The summed E-state index contributed by atoms with van der Waals surface area (Å²) in [4.78, 5) is 12.1. The van der Waals surface area contributed by atoms with Crippen molar-refractivity contribution in [2.75, 3.05) is 18.0 Å². The van der Waals surface area contributed by atoms with Crippen LogP contribution in [0.5, 0.6) is 0 Å². The molecule has 29 heavy (non-hydrogen) atoms. The van der Waals surface area contributed by atoms with Gasteiger partial charge in [-0.1, -0.05) is 44.0 Å². The zero-order chi connectivity index (χ0) is 21.0. The molecule has 1 saturated heterocycles. The van der Waals surface area contributed by atoms with E-state index < -0.39 is 12.5 Å². The van der Waals surface area contributed by atoms with E-state index in [4.69, 9.17) is 23.2 Å². The molecule has 1 fully saturated rings. The Balaban J connectivity index is 1.80. The van der Waals surface area contributed by atoms with Crippen molar-refractivity contribution in [3.05, 3.63) is 39.6 Å². The van der Waals surface area contributed by atoms with Crippen LogP contribution in [0.25, 0.3) is 11.2 Å². The minimum atomic E-state index is -2.75. The molecule has 0 amide bonds. The molecular weight excluding hydrogens is 421 g/mol. The SMILES string of the molecule is CC(C)(C)c1nc(N2CCC(F)(F)C2)c2nn(Cc3cc(Cl)ccc3Cl)nc2n1. The summed E-state index contributed by atoms with van der Waals surface area (Å²) in [6, 6.07) is 5.15. The van der Waals surface area contributed by atoms with Gasteiger partial charge >= 0.3 is 0 Å². The first-order chi connectivity index (χ1) is 13.5. The van der Waals surface area contributed by atoms with Gasteiger partial charge in [0.2, 0.25) is 5.65 Å². The molecule has 3 aromatic rings. The van der Waals surface area contributed by atoms with Crippen molar-refractivity contribution in [2.45, 2.75) is 45.1 Å². The highest BCUT2D eigenvalue weighted by Gasteiger charge is 2.40. The molecule has 3 heterocycles. The van der Waals surface area contributed by atoms with Gasteiger partial charge < -0.3 is 4.90 Å². The molecule has 154 valence electrons. The highest BCUT2D eigenvalue weighted by Crippen LogP contribution is 2.34. The van der Waals surface area contributed by atoms with Crippen molar-refractivity contribution in [2.24, 2.45) is 0 Å². The predicted octanol–water partition coefficient (Wildman–Crippen LogP) is 4.72. The first-order valence-corrected chi connectivity index (χ1v) is 9.97. The average Bonchev–Trinajstić information content (AvgIpc) is 3.18.